The summed E-state index contributed by atoms with van der Waals surface area (Å²) in [7, 11) is 0. The zero-order valence-electron chi connectivity index (χ0n) is 7.47. The largest absolute Gasteiger partial charge is 0.316 e. The Morgan fingerprint density at radius 1 is 1.09 bits per heavy atom. The molecule has 2 fully saturated rings. The lowest BCUT2D eigenvalue weighted by atomic mass is 9.74. The van der Waals surface area contributed by atoms with Crippen LogP contribution >= 0.6 is 0 Å². The molecule has 1 heterocycles. The van der Waals surface area contributed by atoms with E-state index in [0.717, 1.165) is 17.8 Å². The molecule has 11 heavy (non-hydrogen) atoms. The van der Waals surface area contributed by atoms with Gasteiger partial charge in [-0.15, -0.1) is 0 Å². The van der Waals surface area contributed by atoms with Crippen LogP contribution in [0, 0.1) is 17.8 Å². The fourth-order valence-corrected chi connectivity index (χ4v) is 2.55. The minimum absolute atomic E-state index is 1.01. The maximum Gasteiger partial charge on any atom is -0.000559 e. The summed E-state index contributed by atoms with van der Waals surface area (Å²) in [5, 5.41) is 3.37. The lowest BCUT2D eigenvalue weighted by Crippen LogP contribution is -2.47. The summed E-state index contributed by atoms with van der Waals surface area (Å²) in [6.45, 7) is 5.02. The first kappa shape index (κ1) is 7.60. The Bertz CT molecular complexity index is 129. The first-order valence-corrected chi connectivity index (χ1v) is 5.07. The second-order valence-corrected chi connectivity index (χ2v) is 4.45. The lowest BCUT2D eigenvalue weighted by Gasteiger charge is -2.38. The van der Waals surface area contributed by atoms with Gasteiger partial charge in [-0.05, 0) is 37.3 Å². The van der Waals surface area contributed by atoms with Crippen LogP contribution in [0.25, 0.3) is 0 Å². The van der Waals surface area contributed by atoms with Gasteiger partial charge in [0.05, 0.1) is 0 Å². The van der Waals surface area contributed by atoms with Crippen molar-refractivity contribution in [2.45, 2.75) is 32.6 Å². The van der Waals surface area contributed by atoms with Crippen molar-refractivity contribution in [3.63, 3.8) is 0 Å². The molecule has 0 aromatic heterocycles. The van der Waals surface area contributed by atoms with Crippen LogP contribution in [-0.2, 0) is 0 Å². The monoisotopic (exact) mass is 153 g/mol. The lowest BCUT2D eigenvalue weighted by molar-refractivity contribution is 0.156. The van der Waals surface area contributed by atoms with Crippen LogP contribution in [0.5, 0.6) is 0 Å². The van der Waals surface area contributed by atoms with Crippen molar-refractivity contribution < 1.29 is 0 Å². The Hall–Kier alpha value is -0.0400. The predicted octanol–water partition coefficient (Wildman–Crippen LogP) is 2.03. The SMILES string of the molecule is C[C@@H]1CCC[C@H](C2CNC2)C1. The molecule has 1 aliphatic carbocycles. The predicted molar refractivity (Wildman–Crippen MR) is 47.5 cm³/mol. The van der Waals surface area contributed by atoms with Crippen LogP contribution in [0.2, 0.25) is 0 Å². The average Bonchev–Trinajstić information content (AvgIpc) is 1.83. The van der Waals surface area contributed by atoms with E-state index in [1.165, 1.54) is 38.8 Å². The van der Waals surface area contributed by atoms with E-state index in [4.69, 9.17) is 0 Å². The van der Waals surface area contributed by atoms with Crippen LogP contribution in [0.4, 0.5) is 0 Å². The minimum atomic E-state index is 1.01. The normalized spacial score (nSPS) is 40.1. The maximum absolute atomic E-state index is 3.37. The second kappa shape index (κ2) is 3.14. The van der Waals surface area contributed by atoms with Crippen molar-refractivity contribution in [2.24, 2.45) is 17.8 Å². The van der Waals surface area contributed by atoms with Crippen molar-refractivity contribution in [1.82, 2.24) is 5.32 Å². The van der Waals surface area contributed by atoms with E-state index < -0.39 is 0 Å². The summed E-state index contributed by atoms with van der Waals surface area (Å²) in [5.41, 5.74) is 0. The van der Waals surface area contributed by atoms with E-state index in [1.807, 2.05) is 0 Å². The highest BCUT2D eigenvalue weighted by atomic mass is 14.9. The van der Waals surface area contributed by atoms with Crippen LogP contribution < -0.4 is 5.32 Å². The molecule has 0 spiro atoms. The molecule has 0 bridgehead atoms. The average molecular weight is 153 g/mol. The van der Waals surface area contributed by atoms with Crippen molar-refractivity contribution in [3.05, 3.63) is 0 Å². The molecule has 0 radical (unpaired) electrons. The standard InChI is InChI=1S/C10H19N/c1-8-3-2-4-9(5-8)10-6-11-7-10/h8-11H,2-7H2,1H3/t8-,9+/m1/s1. The molecule has 1 nitrogen and oxygen atoms in total. The van der Waals surface area contributed by atoms with E-state index in [0.29, 0.717) is 0 Å². The van der Waals surface area contributed by atoms with Gasteiger partial charge in [-0.25, -0.2) is 0 Å². The Morgan fingerprint density at radius 3 is 2.45 bits per heavy atom. The molecule has 1 aliphatic heterocycles. The van der Waals surface area contributed by atoms with E-state index in [9.17, 15) is 0 Å². The molecule has 0 amide bonds. The molecule has 1 N–H and O–H groups in total. The van der Waals surface area contributed by atoms with Gasteiger partial charge in [-0.3, -0.25) is 0 Å². The Balaban J connectivity index is 1.82. The molecule has 0 unspecified atom stereocenters. The first-order valence-electron chi connectivity index (χ1n) is 5.07. The first-order chi connectivity index (χ1) is 5.36. The summed E-state index contributed by atoms with van der Waals surface area (Å²) >= 11 is 0. The van der Waals surface area contributed by atoms with Gasteiger partial charge in [-0.2, -0.15) is 0 Å². The van der Waals surface area contributed by atoms with Gasteiger partial charge in [0.2, 0.25) is 0 Å². The fraction of sp³-hybridized carbons (Fsp3) is 1.00. The maximum atomic E-state index is 3.37. The van der Waals surface area contributed by atoms with E-state index in [-0.39, 0.29) is 0 Å². The molecular weight excluding hydrogens is 134 g/mol. The highest BCUT2D eigenvalue weighted by molar-refractivity contribution is 4.84. The minimum Gasteiger partial charge on any atom is -0.316 e. The molecule has 0 aromatic carbocycles. The van der Waals surface area contributed by atoms with Gasteiger partial charge >= 0.3 is 0 Å². The summed E-state index contributed by atoms with van der Waals surface area (Å²) in [6.07, 6.45) is 5.99. The van der Waals surface area contributed by atoms with E-state index >= 15 is 0 Å². The van der Waals surface area contributed by atoms with Crippen molar-refractivity contribution in [3.8, 4) is 0 Å². The van der Waals surface area contributed by atoms with Gasteiger partial charge in [0.15, 0.2) is 0 Å². The fourth-order valence-electron chi connectivity index (χ4n) is 2.55. The summed E-state index contributed by atoms with van der Waals surface area (Å²) in [4.78, 5) is 0. The molecule has 1 saturated heterocycles. The van der Waals surface area contributed by atoms with Crippen LogP contribution in [0.3, 0.4) is 0 Å². The van der Waals surface area contributed by atoms with E-state index in [1.54, 1.807) is 0 Å². The Morgan fingerprint density at radius 2 is 1.91 bits per heavy atom. The number of rotatable bonds is 1. The molecule has 1 saturated carbocycles. The third-order valence-corrected chi connectivity index (χ3v) is 3.46. The van der Waals surface area contributed by atoms with Crippen molar-refractivity contribution in [1.29, 1.82) is 0 Å². The van der Waals surface area contributed by atoms with Gasteiger partial charge in [0.25, 0.3) is 0 Å². The van der Waals surface area contributed by atoms with Crippen LogP contribution in [-0.4, -0.2) is 13.1 Å². The van der Waals surface area contributed by atoms with Crippen molar-refractivity contribution in [2.75, 3.05) is 13.1 Å². The quantitative estimate of drug-likeness (QED) is 0.608. The van der Waals surface area contributed by atoms with E-state index in [2.05, 4.69) is 12.2 Å². The second-order valence-electron chi connectivity index (χ2n) is 4.45. The summed E-state index contributed by atoms with van der Waals surface area (Å²) < 4.78 is 0. The zero-order chi connectivity index (χ0) is 7.68. The third-order valence-electron chi connectivity index (χ3n) is 3.46. The Kier molecular flexibility index (Phi) is 2.17. The number of hydrogen-bond acceptors (Lipinski definition) is 1. The van der Waals surface area contributed by atoms with Crippen LogP contribution in [0.15, 0.2) is 0 Å². The number of hydrogen-bond donors (Lipinski definition) is 1. The van der Waals surface area contributed by atoms with Crippen LogP contribution in [0.1, 0.15) is 32.6 Å². The summed E-state index contributed by atoms with van der Waals surface area (Å²) in [5.74, 6) is 3.12. The number of nitrogens with one attached hydrogen (secondary N) is 1. The van der Waals surface area contributed by atoms with Gasteiger partial charge < -0.3 is 5.32 Å². The molecule has 1 heteroatoms. The van der Waals surface area contributed by atoms with Crippen molar-refractivity contribution >= 4 is 0 Å². The molecule has 0 aromatic rings. The van der Waals surface area contributed by atoms with Gasteiger partial charge in [0.1, 0.15) is 0 Å². The molecule has 2 atom stereocenters. The molecule has 64 valence electrons. The third kappa shape index (κ3) is 1.58. The molecule has 2 aliphatic rings. The zero-order valence-corrected chi connectivity index (χ0v) is 7.47. The van der Waals surface area contributed by atoms with Gasteiger partial charge in [0, 0.05) is 0 Å². The highest BCUT2D eigenvalue weighted by Gasteiger charge is 2.29. The smallest absolute Gasteiger partial charge is 0.000559 e. The summed E-state index contributed by atoms with van der Waals surface area (Å²) in [6, 6.07) is 0. The highest BCUT2D eigenvalue weighted by Crippen LogP contribution is 2.34. The Labute approximate surface area is 69.6 Å². The van der Waals surface area contributed by atoms with Gasteiger partial charge in [-0.1, -0.05) is 26.2 Å². The molecular formula is C10H19N. The molecule has 2 rings (SSSR count). The topological polar surface area (TPSA) is 12.0 Å².